The first kappa shape index (κ1) is 80.7. The number of rotatable bonds is 12. The van der Waals surface area contributed by atoms with E-state index in [9.17, 15) is 0 Å². The number of fused-ring (bicyclic) bond motifs is 6. The largest absolute Gasteiger partial charge is 0.288 e. The van der Waals surface area contributed by atoms with E-state index in [1.807, 2.05) is 0 Å². The molecule has 1 aliphatic heterocycles. The van der Waals surface area contributed by atoms with Crippen LogP contribution in [0, 0.1) is 38.5 Å². The van der Waals surface area contributed by atoms with Crippen LogP contribution in [0.4, 0.5) is 0 Å². The van der Waals surface area contributed by atoms with Crippen LogP contribution in [0.15, 0.2) is 269 Å². The van der Waals surface area contributed by atoms with E-state index in [1.54, 1.807) is 27.8 Å². The van der Waals surface area contributed by atoms with Crippen LogP contribution in [0.3, 0.4) is 0 Å². The molecule has 2 atom stereocenters. The van der Waals surface area contributed by atoms with E-state index in [2.05, 4.69) is 468 Å². The van der Waals surface area contributed by atoms with Gasteiger partial charge in [-0.05, 0) is 339 Å². The summed E-state index contributed by atoms with van der Waals surface area (Å²) in [5.74, 6) is 2.14. The average Bonchev–Trinajstić information content (AvgIpc) is 1.47. The van der Waals surface area contributed by atoms with Gasteiger partial charge in [-0.2, -0.15) is 0 Å². The summed E-state index contributed by atoms with van der Waals surface area (Å²) in [5, 5.41) is 0. The fourth-order valence-electron chi connectivity index (χ4n) is 21.1. The summed E-state index contributed by atoms with van der Waals surface area (Å²) >= 11 is 21.7. The molecule has 12 aromatic carbocycles. The molecular formula is C105H105Br6N. The summed E-state index contributed by atoms with van der Waals surface area (Å²) in [5.41, 5.74) is 36.5. The maximum Gasteiger partial charge on any atom is 0.0413 e. The van der Waals surface area contributed by atoms with Crippen molar-refractivity contribution in [3.8, 4) is 33.4 Å². The smallest absolute Gasteiger partial charge is 0.0413 e. The maximum atomic E-state index is 3.63. The summed E-state index contributed by atoms with van der Waals surface area (Å²) in [6.45, 7) is 41.0. The Hall–Kier alpha value is -6.52. The molecule has 1 fully saturated rings. The van der Waals surface area contributed by atoms with Crippen molar-refractivity contribution in [3.05, 3.63) is 381 Å². The fourth-order valence-corrected chi connectivity index (χ4v) is 22.7. The molecule has 0 amide bonds. The van der Waals surface area contributed by atoms with Gasteiger partial charge in [0.25, 0.3) is 0 Å². The van der Waals surface area contributed by atoms with Crippen molar-refractivity contribution in [2.75, 3.05) is 7.05 Å². The second kappa shape index (κ2) is 30.2. The molecule has 0 N–H and O–H groups in total. The quantitative estimate of drug-likeness (QED) is 0.110. The number of halogens is 6. The number of hydrogen-bond donors (Lipinski definition) is 0. The Kier molecular flexibility index (Phi) is 21.7. The van der Waals surface area contributed by atoms with Gasteiger partial charge in [-0.15, -0.1) is 0 Å². The number of nitrogens with zero attached hydrogens (tertiary/aromatic N) is 1. The summed E-state index contributed by atoms with van der Waals surface area (Å²) in [4.78, 5) is 2.49. The second-order valence-corrected chi connectivity index (χ2v) is 41.8. The molecule has 0 spiro atoms. The van der Waals surface area contributed by atoms with E-state index in [-0.39, 0.29) is 55.9 Å². The van der Waals surface area contributed by atoms with Gasteiger partial charge in [0.15, 0.2) is 0 Å². The molecule has 572 valence electrons. The third-order valence-corrected chi connectivity index (χ3v) is 32.4. The van der Waals surface area contributed by atoms with Crippen LogP contribution in [-0.2, 0) is 27.3 Å². The SMILES string of the molecule is Cc1cc(-c2cc3c4c(c2)C(C)(C)C(C)(C)C4(C)C(C)(C)C3(C)C)ccc1C(c1ccc(Br)cc1)c1ccc(Br)cc1.Cc1cc(-c2ccc3c(c2)C(C)(C)N(C)C3(C)C)ccc1C(c1ccc(Br)cc1)c1ccc(Br)cc1.Cc1cc(C(c2ccc(Br)cc2)c2ccc(Br)cc2)cc(C)c1-c1ccc2c(c1)C1CCC2C1. The van der Waals surface area contributed by atoms with E-state index in [0.717, 1.165) is 38.7 Å². The lowest BCUT2D eigenvalue weighted by molar-refractivity contribution is -0.0105. The lowest BCUT2D eigenvalue weighted by Gasteiger charge is -2.56. The number of hydrogen-bond acceptors (Lipinski definition) is 1. The Labute approximate surface area is 719 Å². The number of benzene rings is 12. The molecule has 7 heteroatoms. The van der Waals surface area contributed by atoms with Crippen LogP contribution in [0.25, 0.3) is 33.4 Å². The van der Waals surface area contributed by atoms with Crippen LogP contribution in [-0.4, -0.2) is 11.9 Å². The van der Waals surface area contributed by atoms with Crippen molar-refractivity contribution in [3.63, 3.8) is 0 Å². The Morgan fingerprint density at radius 1 is 0.295 bits per heavy atom. The van der Waals surface area contributed by atoms with Gasteiger partial charge in [0.1, 0.15) is 0 Å². The van der Waals surface area contributed by atoms with E-state index < -0.39 is 0 Å². The van der Waals surface area contributed by atoms with Crippen molar-refractivity contribution >= 4 is 95.6 Å². The summed E-state index contributed by atoms with van der Waals surface area (Å²) in [7, 11) is 2.24. The highest BCUT2D eigenvalue weighted by atomic mass is 79.9. The highest BCUT2D eigenvalue weighted by molar-refractivity contribution is 9.11. The Bertz CT molecular complexity index is 5370. The van der Waals surface area contributed by atoms with Gasteiger partial charge in [-0.1, -0.05) is 322 Å². The summed E-state index contributed by atoms with van der Waals surface area (Å²) in [6.07, 6.45) is 4.13. The lowest BCUT2D eigenvalue weighted by Crippen LogP contribution is -2.54. The fraction of sp³-hybridized carbons (Fsp3) is 0.314. The van der Waals surface area contributed by atoms with Crippen LogP contribution in [0.5, 0.6) is 0 Å². The topological polar surface area (TPSA) is 3.24 Å². The zero-order valence-electron chi connectivity index (χ0n) is 68.3. The maximum absolute atomic E-state index is 3.63. The van der Waals surface area contributed by atoms with E-state index in [1.165, 1.54) is 136 Å². The molecule has 0 saturated heterocycles. The second-order valence-electron chi connectivity index (χ2n) is 36.3. The normalized spacial score (nSPS) is 18.4. The molecule has 0 aromatic heterocycles. The Balaban J connectivity index is 0.000000134. The molecule has 0 radical (unpaired) electrons. The first-order chi connectivity index (χ1) is 52.9. The van der Waals surface area contributed by atoms with E-state index in [4.69, 9.17) is 0 Å². The minimum atomic E-state index is -0.00189. The molecule has 1 saturated carbocycles. The summed E-state index contributed by atoms with van der Waals surface area (Å²) < 4.78 is 6.62. The van der Waals surface area contributed by atoms with Gasteiger partial charge in [0.05, 0.1) is 0 Å². The van der Waals surface area contributed by atoms with Crippen molar-refractivity contribution in [1.82, 2.24) is 4.90 Å². The lowest BCUT2D eigenvalue weighted by atomic mass is 9.47. The predicted molar refractivity (Wildman–Crippen MR) is 496 cm³/mol. The Morgan fingerprint density at radius 3 is 1.00 bits per heavy atom. The van der Waals surface area contributed by atoms with Crippen molar-refractivity contribution in [1.29, 1.82) is 0 Å². The highest BCUT2D eigenvalue weighted by Gasteiger charge is 2.72. The van der Waals surface area contributed by atoms with Gasteiger partial charge < -0.3 is 0 Å². The van der Waals surface area contributed by atoms with Crippen LogP contribution in [0.2, 0.25) is 0 Å². The molecular weight excluding hydrogens is 1750 g/mol. The highest BCUT2D eigenvalue weighted by Crippen LogP contribution is 2.76. The zero-order chi connectivity index (χ0) is 79.8. The molecule has 4 aliphatic carbocycles. The predicted octanol–water partition coefficient (Wildman–Crippen LogP) is 32.1. The molecule has 112 heavy (non-hydrogen) atoms. The summed E-state index contributed by atoms with van der Waals surface area (Å²) in [6, 6.07) is 91.0. The van der Waals surface area contributed by atoms with Gasteiger partial charge in [-0.3, -0.25) is 4.90 Å². The van der Waals surface area contributed by atoms with Crippen LogP contribution < -0.4 is 0 Å². The molecule has 1 nitrogen and oxygen atoms in total. The third kappa shape index (κ3) is 13.8. The molecule has 17 rings (SSSR count). The first-order valence-electron chi connectivity index (χ1n) is 40.0. The van der Waals surface area contributed by atoms with Gasteiger partial charge in [0, 0.05) is 61.1 Å². The molecule has 2 unspecified atom stereocenters. The zero-order valence-corrected chi connectivity index (χ0v) is 77.8. The molecule has 2 bridgehead atoms. The molecule has 5 aliphatic rings. The first-order valence-corrected chi connectivity index (χ1v) is 44.8. The van der Waals surface area contributed by atoms with E-state index in [0.29, 0.717) is 0 Å². The standard InChI is InChI=1S/C40H44Br2.C33H33Br2N.C32H28Br2/c1-24-21-27(15-20-31(24)34(25-11-16-29(41)17-12-25)26-13-18-30(42)19-14-26)28-22-32-35-33(23-28)37(4,5)39(8,9)40(35,10)38(6,7)36(32,2)3;1-21-19-24(25-12-18-29-30(20-25)33(4,5)36(6)32(29,2)3)11-17-28(21)31(22-7-13-26(34)14-8-22)23-9-15-27(35)16-10-23;1-19-15-26(32(21-5-10-27(33)11-6-21)22-7-12-28(34)13-8-22)16-20(2)31(19)25-9-14-29-23-3-4-24(17-23)30(29)18-25/h11-23,34H,1-10H3;7-20,31H,1-6H3;5-16,18,23-24,32H,3-4,17H2,1-2H3. The monoisotopic (exact) mass is 1850 g/mol. The molecule has 1 heterocycles. The van der Waals surface area contributed by atoms with Crippen LogP contribution >= 0.6 is 95.6 Å². The van der Waals surface area contributed by atoms with Crippen molar-refractivity contribution < 1.29 is 0 Å². The average molecular weight is 1860 g/mol. The molecule has 12 aromatic rings. The van der Waals surface area contributed by atoms with Gasteiger partial charge >= 0.3 is 0 Å². The van der Waals surface area contributed by atoms with Crippen LogP contribution in [0.1, 0.15) is 250 Å². The third-order valence-electron chi connectivity index (χ3n) is 29.2. The van der Waals surface area contributed by atoms with Gasteiger partial charge in [-0.25, -0.2) is 0 Å². The minimum Gasteiger partial charge on any atom is -0.288 e. The minimum absolute atomic E-state index is 0.00189. The Morgan fingerprint density at radius 2 is 0.616 bits per heavy atom. The van der Waals surface area contributed by atoms with Gasteiger partial charge in [0.2, 0.25) is 0 Å². The number of aryl methyl sites for hydroxylation is 4. The van der Waals surface area contributed by atoms with E-state index >= 15 is 0 Å². The van der Waals surface area contributed by atoms with Crippen molar-refractivity contribution in [2.45, 2.75) is 194 Å². The van der Waals surface area contributed by atoms with Crippen molar-refractivity contribution in [2.24, 2.45) is 10.8 Å².